The van der Waals surface area contributed by atoms with Gasteiger partial charge in [0.1, 0.15) is 0 Å². The molecule has 2 heterocycles. The van der Waals surface area contributed by atoms with Crippen LogP contribution in [0.25, 0.3) is 0 Å². The molecule has 0 radical (unpaired) electrons. The molecule has 0 unspecified atom stereocenters. The molecule has 0 bridgehead atoms. The van der Waals surface area contributed by atoms with E-state index in [1.807, 2.05) is 18.7 Å². The number of piperazine rings is 2. The van der Waals surface area contributed by atoms with Crippen molar-refractivity contribution in [3.63, 3.8) is 0 Å². The monoisotopic (exact) mass is 324 g/mol. The summed E-state index contributed by atoms with van der Waals surface area (Å²) in [5.41, 5.74) is -0.315. The van der Waals surface area contributed by atoms with Crippen LogP contribution in [0.1, 0.15) is 55.4 Å². The van der Waals surface area contributed by atoms with Gasteiger partial charge < -0.3 is 10.2 Å². The smallest absolute Gasteiger partial charge is 0.242 e. The van der Waals surface area contributed by atoms with Gasteiger partial charge in [-0.3, -0.25) is 15.0 Å². The van der Waals surface area contributed by atoms with Crippen molar-refractivity contribution >= 4 is 5.91 Å². The van der Waals surface area contributed by atoms with E-state index in [-0.39, 0.29) is 22.5 Å². The van der Waals surface area contributed by atoms with E-state index < -0.39 is 5.54 Å². The van der Waals surface area contributed by atoms with Crippen molar-refractivity contribution in [3.05, 3.63) is 0 Å². The fourth-order valence-electron chi connectivity index (χ4n) is 4.65. The average molecular weight is 325 g/mol. The number of nitrogens with zero attached hydrogens (tertiary/aromatic N) is 2. The van der Waals surface area contributed by atoms with Crippen LogP contribution in [0, 0.1) is 0 Å². The summed E-state index contributed by atoms with van der Waals surface area (Å²) < 4.78 is 0. The molecular formula is C18H36N4O. The maximum Gasteiger partial charge on any atom is 0.242 e. The maximum absolute atomic E-state index is 12.7. The van der Waals surface area contributed by atoms with Crippen molar-refractivity contribution in [2.45, 2.75) is 77.5 Å². The predicted octanol–water partition coefficient (Wildman–Crippen LogP) is 1.44. The van der Waals surface area contributed by atoms with Crippen LogP contribution in [0.5, 0.6) is 0 Å². The molecule has 2 aliphatic heterocycles. The molecule has 2 fully saturated rings. The molecule has 0 spiro atoms. The summed E-state index contributed by atoms with van der Waals surface area (Å²) in [7, 11) is 0. The summed E-state index contributed by atoms with van der Waals surface area (Å²) in [6.07, 6.45) is 0. The van der Waals surface area contributed by atoms with E-state index in [4.69, 9.17) is 0 Å². The summed E-state index contributed by atoms with van der Waals surface area (Å²) in [5, 5.41) is 7.16. The van der Waals surface area contributed by atoms with Crippen molar-refractivity contribution in [2.24, 2.45) is 0 Å². The van der Waals surface area contributed by atoms with Gasteiger partial charge in [-0.2, -0.15) is 0 Å². The minimum atomic E-state index is -0.482. The minimum absolute atomic E-state index is 0.0423. The number of hydrogen-bond donors (Lipinski definition) is 2. The van der Waals surface area contributed by atoms with Gasteiger partial charge in [0, 0.05) is 49.3 Å². The molecule has 0 saturated carbocycles. The Balaban J connectivity index is 2.01. The second-order valence-corrected chi connectivity index (χ2v) is 9.96. The number of amides is 1. The quantitative estimate of drug-likeness (QED) is 0.825. The van der Waals surface area contributed by atoms with E-state index in [1.54, 1.807) is 0 Å². The predicted molar refractivity (Wildman–Crippen MR) is 95.6 cm³/mol. The van der Waals surface area contributed by atoms with Crippen LogP contribution in [0.3, 0.4) is 0 Å². The van der Waals surface area contributed by atoms with Gasteiger partial charge in [0.2, 0.25) is 5.91 Å². The van der Waals surface area contributed by atoms with Gasteiger partial charge in [0.15, 0.2) is 0 Å². The third-order valence-electron chi connectivity index (χ3n) is 4.66. The SMILES string of the molecule is CC1(C)CN(CCN2CC(C)(C)NC(C)(C)C2=O)CC(C)(C)N1. The summed E-state index contributed by atoms with van der Waals surface area (Å²) in [6, 6.07) is 0. The third kappa shape index (κ3) is 4.68. The molecular weight excluding hydrogens is 288 g/mol. The largest absolute Gasteiger partial charge is 0.338 e. The van der Waals surface area contributed by atoms with Crippen molar-refractivity contribution in [1.29, 1.82) is 0 Å². The van der Waals surface area contributed by atoms with E-state index in [2.05, 4.69) is 57.1 Å². The van der Waals surface area contributed by atoms with Crippen LogP contribution in [-0.4, -0.2) is 70.6 Å². The lowest BCUT2D eigenvalue weighted by Gasteiger charge is -2.50. The standard InChI is InChI=1S/C18H36N4O/c1-15(2)11-21(12-16(3,4)19-15)9-10-22-13-17(5,6)20-18(7,8)14(22)23/h19-20H,9-13H2,1-8H3. The van der Waals surface area contributed by atoms with Gasteiger partial charge in [-0.15, -0.1) is 0 Å². The third-order valence-corrected chi connectivity index (χ3v) is 4.66. The summed E-state index contributed by atoms with van der Waals surface area (Å²) in [4.78, 5) is 17.2. The number of hydrogen-bond acceptors (Lipinski definition) is 4. The van der Waals surface area contributed by atoms with Gasteiger partial charge in [-0.05, 0) is 55.4 Å². The van der Waals surface area contributed by atoms with Crippen molar-refractivity contribution in [2.75, 3.05) is 32.7 Å². The minimum Gasteiger partial charge on any atom is -0.338 e. The second kappa shape index (κ2) is 5.71. The van der Waals surface area contributed by atoms with Gasteiger partial charge in [0.25, 0.3) is 0 Å². The lowest BCUT2D eigenvalue weighted by atomic mass is 9.90. The molecule has 2 rings (SSSR count). The van der Waals surface area contributed by atoms with E-state index in [0.717, 1.165) is 32.7 Å². The summed E-state index contributed by atoms with van der Waals surface area (Å²) in [5.74, 6) is 0.213. The highest BCUT2D eigenvalue weighted by atomic mass is 16.2. The fourth-order valence-corrected chi connectivity index (χ4v) is 4.65. The zero-order chi connectivity index (χ0) is 17.7. The van der Waals surface area contributed by atoms with E-state index in [0.29, 0.717) is 0 Å². The van der Waals surface area contributed by atoms with Gasteiger partial charge in [0.05, 0.1) is 5.54 Å². The number of carbonyl (C=O) groups is 1. The maximum atomic E-state index is 12.7. The Morgan fingerprint density at radius 3 is 1.78 bits per heavy atom. The second-order valence-electron chi connectivity index (χ2n) is 9.96. The molecule has 0 aromatic heterocycles. The Morgan fingerprint density at radius 1 is 0.783 bits per heavy atom. The van der Waals surface area contributed by atoms with Crippen LogP contribution >= 0.6 is 0 Å². The van der Waals surface area contributed by atoms with E-state index in [9.17, 15) is 4.79 Å². The van der Waals surface area contributed by atoms with Crippen molar-refractivity contribution in [3.8, 4) is 0 Å². The molecule has 0 aromatic rings. The summed E-state index contributed by atoms with van der Waals surface area (Å²) in [6.45, 7) is 21.9. The number of rotatable bonds is 3. The lowest BCUT2D eigenvalue weighted by molar-refractivity contribution is -0.143. The first-order valence-corrected chi connectivity index (χ1v) is 8.82. The average Bonchev–Trinajstić information content (AvgIpc) is 2.26. The topological polar surface area (TPSA) is 47.6 Å². The molecule has 134 valence electrons. The van der Waals surface area contributed by atoms with Crippen molar-refractivity contribution < 1.29 is 4.79 Å². The number of carbonyl (C=O) groups excluding carboxylic acids is 1. The Bertz CT molecular complexity index is 452. The molecule has 0 aliphatic carbocycles. The molecule has 23 heavy (non-hydrogen) atoms. The highest BCUT2D eigenvalue weighted by Crippen LogP contribution is 2.24. The molecule has 2 N–H and O–H groups in total. The molecule has 0 atom stereocenters. The molecule has 5 heteroatoms. The van der Waals surface area contributed by atoms with Crippen LogP contribution < -0.4 is 10.6 Å². The first-order valence-electron chi connectivity index (χ1n) is 8.82. The molecule has 1 amide bonds. The Hall–Kier alpha value is -0.650. The van der Waals surface area contributed by atoms with Gasteiger partial charge >= 0.3 is 0 Å². The lowest BCUT2D eigenvalue weighted by Crippen LogP contribution is -2.71. The molecule has 2 saturated heterocycles. The van der Waals surface area contributed by atoms with Gasteiger partial charge in [-0.1, -0.05) is 0 Å². The highest BCUT2D eigenvalue weighted by molar-refractivity contribution is 5.86. The normalized spacial score (nSPS) is 29.6. The first kappa shape index (κ1) is 18.7. The van der Waals surface area contributed by atoms with Crippen LogP contribution in [-0.2, 0) is 4.79 Å². The molecule has 2 aliphatic rings. The Kier molecular flexibility index (Phi) is 4.64. The van der Waals surface area contributed by atoms with Crippen molar-refractivity contribution in [1.82, 2.24) is 20.4 Å². The Labute approximate surface area is 142 Å². The van der Waals surface area contributed by atoms with E-state index in [1.165, 1.54) is 0 Å². The van der Waals surface area contributed by atoms with Crippen LogP contribution in [0.2, 0.25) is 0 Å². The molecule has 5 nitrogen and oxygen atoms in total. The van der Waals surface area contributed by atoms with Gasteiger partial charge in [-0.25, -0.2) is 0 Å². The zero-order valence-electron chi connectivity index (χ0n) is 16.3. The number of nitrogens with one attached hydrogen (secondary N) is 2. The summed E-state index contributed by atoms with van der Waals surface area (Å²) >= 11 is 0. The van der Waals surface area contributed by atoms with E-state index >= 15 is 0 Å². The highest BCUT2D eigenvalue weighted by Gasteiger charge is 2.43. The molecule has 0 aromatic carbocycles. The van der Waals surface area contributed by atoms with Crippen LogP contribution in [0.15, 0.2) is 0 Å². The fraction of sp³-hybridized carbons (Fsp3) is 0.944. The first-order chi connectivity index (χ1) is 10.2. The Morgan fingerprint density at radius 2 is 1.26 bits per heavy atom. The zero-order valence-corrected chi connectivity index (χ0v) is 16.3. The van der Waals surface area contributed by atoms with Crippen LogP contribution in [0.4, 0.5) is 0 Å².